The number of H-pyrrole nitrogens is 1. The van der Waals surface area contributed by atoms with E-state index in [2.05, 4.69) is 25.5 Å². The molecule has 0 aliphatic carbocycles. The SMILES string of the molecule is O=c1ccc(N2CCCCC2CNc2cc(C(F)(F)F)ncn2)n[nH]1. The minimum absolute atomic E-state index is 0.0384. The average Bonchev–Trinajstić information content (AvgIpc) is 2.60. The molecule has 1 atom stereocenters. The molecule has 1 saturated heterocycles. The highest BCUT2D eigenvalue weighted by molar-refractivity contribution is 5.41. The molecule has 0 aromatic carbocycles. The Labute approximate surface area is 141 Å². The van der Waals surface area contributed by atoms with Gasteiger partial charge in [0.25, 0.3) is 5.56 Å². The number of hydrogen-bond acceptors (Lipinski definition) is 6. The highest BCUT2D eigenvalue weighted by atomic mass is 19.4. The summed E-state index contributed by atoms with van der Waals surface area (Å²) in [6.07, 6.45) is -0.735. The van der Waals surface area contributed by atoms with Gasteiger partial charge in [-0.25, -0.2) is 15.1 Å². The van der Waals surface area contributed by atoms with Crippen LogP contribution in [0.25, 0.3) is 0 Å². The molecule has 134 valence electrons. The molecule has 1 aliphatic heterocycles. The van der Waals surface area contributed by atoms with E-state index < -0.39 is 11.9 Å². The Hall–Kier alpha value is -2.65. The van der Waals surface area contributed by atoms with Crippen LogP contribution in [-0.2, 0) is 6.18 Å². The van der Waals surface area contributed by atoms with Gasteiger partial charge >= 0.3 is 6.18 Å². The fourth-order valence-electron chi connectivity index (χ4n) is 2.84. The second-order valence-electron chi connectivity index (χ2n) is 5.79. The highest BCUT2D eigenvalue weighted by Gasteiger charge is 2.33. The van der Waals surface area contributed by atoms with Crippen molar-refractivity contribution < 1.29 is 13.2 Å². The lowest BCUT2D eigenvalue weighted by Crippen LogP contribution is -2.44. The van der Waals surface area contributed by atoms with Crippen molar-refractivity contribution in [2.24, 2.45) is 0 Å². The van der Waals surface area contributed by atoms with E-state index in [1.807, 2.05) is 4.90 Å². The number of anilines is 2. The summed E-state index contributed by atoms with van der Waals surface area (Å²) in [5.74, 6) is 0.770. The third-order valence-corrected chi connectivity index (χ3v) is 4.06. The third kappa shape index (κ3) is 4.25. The van der Waals surface area contributed by atoms with Gasteiger partial charge < -0.3 is 10.2 Å². The number of piperidine rings is 1. The van der Waals surface area contributed by atoms with Crippen LogP contribution in [0, 0.1) is 0 Å². The molecule has 3 rings (SSSR count). The lowest BCUT2D eigenvalue weighted by atomic mass is 10.0. The van der Waals surface area contributed by atoms with Crippen LogP contribution in [0.1, 0.15) is 25.0 Å². The molecule has 2 N–H and O–H groups in total. The number of nitrogens with one attached hydrogen (secondary N) is 2. The van der Waals surface area contributed by atoms with Gasteiger partial charge in [-0.15, -0.1) is 0 Å². The second-order valence-corrected chi connectivity index (χ2v) is 5.79. The fourth-order valence-corrected chi connectivity index (χ4v) is 2.84. The maximum atomic E-state index is 12.7. The Morgan fingerprint density at radius 3 is 2.84 bits per heavy atom. The monoisotopic (exact) mass is 354 g/mol. The van der Waals surface area contributed by atoms with E-state index in [9.17, 15) is 18.0 Å². The molecular weight excluding hydrogens is 337 g/mol. The van der Waals surface area contributed by atoms with Crippen LogP contribution < -0.4 is 15.8 Å². The molecular formula is C15H17F3N6O. The smallest absolute Gasteiger partial charge is 0.368 e. The van der Waals surface area contributed by atoms with Gasteiger partial charge in [0.2, 0.25) is 0 Å². The molecule has 7 nitrogen and oxygen atoms in total. The van der Waals surface area contributed by atoms with Gasteiger partial charge in [-0.3, -0.25) is 4.79 Å². The number of alkyl halides is 3. The maximum absolute atomic E-state index is 12.7. The summed E-state index contributed by atoms with van der Waals surface area (Å²) in [4.78, 5) is 20.3. The average molecular weight is 354 g/mol. The number of halogens is 3. The number of hydrogen-bond donors (Lipinski definition) is 2. The van der Waals surface area contributed by atoms with Crippen LogP contribution >= 0.6 is 0 Å². The van der Waals surface area contributed by atoms with Gasteiger partial charge in [0.1, 0.15) is 23.7 Å². The van der Waals surface area contributed by atoms with Crippen molar-refractivity contribution in [3.63, 3.8) is 0 Å². The molecule has 0 radical (unpaired) electrons. The van der Waals surface area contributed by atoms with Crippen molar-refractivity contribution in [1.82, 2.24) is 20.2 Å². The normalized spacial score (nSPS) is 18.2. The zero-order valence-corrected chi connectivity index (χ0v) is 13.3. The number of aromatic amines is 1. The Morgan fingerprint density at radius 1 is 1.28 bits per heavy atom. The van der Waals surface area contributed by atoms with E-state index >= 15 is 0 Å². The molecule has 0 saturated carbocycles. The molecule has 0 amide bonds. The first-order valence-electron chi connectivity index (χ1n) is 7.89. The number of rotatable bonds is 4. The van der Waals surface area contributed by atoms with E-state index in [0.29, 0.717) is 12.4 Å². The zero-order valence-electron chi connectivity index (χ0n) is 13.3. The second kappa shape index (κ2) is 7.08. The van der Waals surface area contributed by atoms with Gasteiger partial charge in [-0.2, -0.15) is 18.3 Å². The molecule has 1 unspecified atom stereocenters. The van der Waals surface area contributed by atoms with Crippen LogP contribution in [0.15, 0.2) is 29.3 Å². The first-order chi connectivity index (χ1) is 11.9. The molecule has 10 heteroatoms. The number of nitrogens with zero attached hydrogens (tertiary/aromatic N) is 4. The molecule has 3 heterocycles. The lowest BCUT2D eigenvalue weighted by Gasteiger charge is -2.36. The standard InChI is InChI=1S/C15H17F3N6O/c16-15(17,18)11-7-12(21-9-20-11)19-8-10-3-1-2-6-24(10)13-4-5-14(25)23-22-13/h4-5,7,9-10H,1-3,6,8H2,(H,23,25)(H,19,20,21). The summed E-state index contributed by atoms with van der Waals surface area (Å²) in [6.45, 7) is 1.18. The molecule has 2 aromatic heterocycles. The van der Waals surface area contributed by atoms with Crippen molar-refractivity contribution in [3.8, 4) is 0 Å². The molecule has 0 spiro atoms. The Balaban J connectivity index is 1.70. The maximum Gasteiger partial charge on any atom is 0.433 e. The highest BCUT2D eigenvalue weighted by Crippen LogP contribution is 2.28. The predicted octanol–water partition coefficient (Wildman–Crippen LogP) is 2.05. The van der Waals surface area contributed by atoms with E-state index in [-0.39, 0.29) is 17.4 Å². The summed E-state index contributed by atoms with van der Waals surface area (Å²) >= 11 is 0. The third-order valence-electron chi connectivity index (χ3n) is 4.06. The zero-order chi connectivity index (χ0) is 17.9. The topological polar surface area (TPSA) is 86.8 Å². The molecule has 25 heavy (non-hydrogen) atoms. The largest absolute Gasteiger partial charge is 0.433 e. The summed E-state index contributed by atoms with van der Waals surface area (Å²) < 4.78 is 38.1. The quantitative estimate of drug-likeness (QED) is 0.874. The van der Waals surface area contributed by atoms with Crippen LogP contribution in [0.4, 0.5) is 24.8 Å². The van der Waals surface area contributed by atoms with E-state index in [0.717, 1.165) is 38.2 Å². The van der Waals surface area contributed by atoms with Crippen LogP contribution in [-0.4, -0.2) is 39.3 Å². The minimum Gasteiger partial charge on any atom is -0.368 e. The van der Waals surface area contributed by atoms with Gasteiger partial charge in [-0.1, -0.05) is 0 Å². The van der Waals surface area contributed by atoms with Gasteiger partial charge in [-0.05, 0) is 25.3 Å². The van der Waals surface area contributed by atoms with E-state index in [1.54, 1.807) is 6.07 Å². The first-order valence-corrected chi connectivity index (χ1v) is 7.89. The van der Waals surface area contributed by atoms with Crippen molar-refractivity contribution in [2.45, 2.75) is 31.5 Å². The van der Waals surface area contributed by atoms with Gasteiger partial charge in [0.05, 0.1) is 0 Å². The van der Waals surface area contributed by atoms with Crippen LogP contribution in [0.3, 0.4) is 0 Å². The molecule has 0 bridgehead atoms. The summed E-state index contributed by atoms with van der Waals surface area (Å²) in [5.41, 5.74) is -1.26. The fraction of sp³-hybridized carbons (Fsp3) is 0.467. The van der Waals surface area contributed by atoms with Crippen molar-refractivity contribution in [2.75, 3.05) is 23.3 Å². The van der Waals surface area contributed by atoms with Crippen molar-refractivity contribution >= 4 is 11.6 Å². The predicted molar refractivity (Wildman–Crippen MR) is 85.4 cm³/mol. The van der Waals surface area contributed by atoms with Gasteiger partial charge in [0, 0.05) is 31.3 Å². The van der Waals surface area contributed by atoms with Crippen molar-refractivity contribution in [1.29, 1.82) is 0 Å². The van der Waals surface area contributed by atoms with E-state index in [4.69, 9.17) is 0 Å². The molecule has 1 fully saturated rings. The summed E-state index contributed by atoms with van der Waals surface area (Å²) in [6, 6.07) is 3.98. The Morgan fingerprint density at radius 2 is 2.12 bits per heavy atom. The van der Waals surface area contributed by atoms with E-state index in [1.165, 1.54) is 6.07 Å². The molecule has 2 aromatic rings. The Bertz CT molecular complexity index is 758. The Kier molecular flexibility index (Phi) is 4.86. The summed E-state index contributed by atoms with van der Waals surface area (Å²) in [7, 11) is 0. The minimum atomic E-state index is -4.50. The van der Waals surface area contributed by atoms with Crippen LogP contribution in [0.2, 0.25) is 0 Å². The summed E-state index contributed by atoms with van der Waals surface area (Å²) in [5, 5.41) is 9.39. The molecule has 1 aliphatic rings. The van der Waals surface area contributed by atoms with Crippen molar-refractivity contribution in [3.05, 3.63) is 40.6 Å². The first kappa shape index (κ1) is 17.2. The lowest BCUT2D eigenvalue weighted by molar-refractivity contribution is -0.141. The van der Waals surface area contributed by atoms with Crippen LogP contribution in [0.5, 0.6) is 0 Å². The van der Waals surface area contributed by atoms with Gasteiger partial charge in [0.15, 0.2) is 0 Å². The number of aromatic nitrogens is 4.